The minimum atomic E-state index is -0.276. The number of nitrogens with zero attached hydrogens (tertiary/aromatic N) is 1. The van der Waals surface area contributed by atoms with Crippen LogP contribution in [0.25, 0.3) is 0 Å². The Morgan fingerprint density at radius 3 is 2.91 bits per heavy atom. The van der Waals surface area contributed by atoms with Crippen LogP contribution in [-0.2, 0) is 0 Å². The molecule has 0 saturated heterocycles. The number of pyridine rings is 1. The lowest BCUT2D eigenvalue weighted by molar-refractivity contribution is 0.0996. The first-order chi connectivity index (χ1) is 11.3. The third kappa shape index (κ3) is 4.45. The molecule has 0 atom stereocenters. The number of amides is 1. The van der Waals surface area contributed by atoms with Crippen molar-refractivity contribution in [2.75, 3.05) is 17.2 Å². The number of carbonyl (C=O) groups excluding carboxylic acids is 1. The van der Waals surface area contributed by atoms with Crippen molar-refractivity contribution in [1.82, 2.24) is 4.98 Å². The van der Waals surface area contributed by atoms with Gasteiger partial charge in [0.2, 0.25) is 0 Å². The quantitative estimate of drug-likeness (QED) is 0.783. The van der Waals surface area contributed by atoms with Crippen LogP contribution in [0.5, 0.6) is 0 Å². The summed E-state index contributed by atoms with van der Waals surface area (Å²) in [5.41, 5.74) is 2.19. The van der Waals surface area contributed by atoms with Crippen molar-refractivity contribution in [3.05, 3.63) is 54.1 Å². The summed E-state index contributed by atoms with van der Waals surface area (Å²) in [5.74, 6) is 0.826. The average molecular weight is 311 g/mol. The molecule has 2 N–H and O–H groups in total. The minimum absolute atomic E-state index is 0.276. The highest BCUT2D eigenvalue weighted by molar-refractivity contribution is 6.02. The molecule has 2 heterocycles. The molecule has 2 aromatic heterocycles. The summed E-state index contributed by atoms with van der Waals surface area (Å²) in [7, 11) is 0. The van der Waals surface area contributed by atoms with Crippen LogP contribution in [0.2, 0.25) is 0 Å². The van der Waals surface area contributed by atoms with Crippen molar-refractivity contribution in [2.24, 2.45) is 0 Å². The highest BCUT2D eigenvalue weighted by Crippen LogP contribution is 2.20. The molecule has 1 aliphatic rings. The number of nitrogens with one attached hydrogen (secondary N) is 2. The lowest BCUT2D eigenvalue weighted by Crippen LogP contribution is -2.11. The fourth-order valence-electron chi connectivity index (χ4n) is 2.66. The lowest BCUT2D eigenvalue weighted by Gasteiger charge is -2.13. The Balaban J connectivity index is 1.47. The van der Waals surface area contributed by atoms with Crippen molar-refractivity contribution in [3.63, 3.8) is 0 Å². The van der Waals surface area contributed by atoms with E-state index in [-0.39, 0.29) is 11.7 Å². The zero-order valence-corrected chi connectivity index (χ0v) is 13.0. The number of furan rings is 1. The lowest BCUT2D eigenvalue weighted by atomic mass is 9.97. The predicted molar refractivity (Wildman–Crippen MR) is 90.6 cm³/mol. The van der Waals surface area contributed by atoms with Crippen molar-refractivity contribution in [1.29, 1.82) is 0 Å². The smallest absolute Gasteiger partial charge is 0.291 e. The van der Waals surface area contributed by atoms with Crippen molar-refractivity contribution in [3.8, 4) is 0 Å². The average Bonchev–Trinajstić information content (AvgIpc) is 3.12. The van der Waals surface area contributed by atoms with Gasteiger partial charge in [-0.25, -0.2) is 4.98 Å². The molecule has 0 aromatic carbocycles. The zero-order chi connectivity index (χ0) is 15.9. The van der Waals surface area contributed by atoms with Gasteiger partial charge in [0.25, 0.3) is 5.91 Å². The van der Waals surface area contributed by atoms with Gasteiger partial charge in [0.1, 0.15) is 5.82 Å². The molecule has 3 rings (SSSR count). The summed E-state index contributed by atoms with van der Waals surface area (Å²) in [6, 6.07) is 7.00. The van der Waals surface area contributed by atoms with Crippen LogP contribution < -0.4 is 10.6 Å². The van der Waals surface area contributed by atoms with Crippen LogP contribution in [0.3, 0.4) is 0 Å². The minimum Gasteiger partial charge on any atom is -0.459 e. The summed E-state index contributed by atoms with van der Waals surface area (Å²) in [6.45, 7) is 0.886. The molecule has 5 heteroatoms. The van der Waals surface area contributed by atoms with Gasteiger partial charge in [-0.3, -0.25) is 4.79 Å². The van der Waals surface area contributed by atoms with Crippen LogP contribution in [0.15, 0.2) is 52.8 Å². The second-order valence-corrected chi connectivity index (χ2v) is 5.65. The first kappa shape index (κ1) is 15.3. The Morgan fingerprint density at radius 1 is 1.26 bits per heavy atom. The maximum absolute atomic E-state index is 11.9. The molecule has 0 fully saturated rings. The number of hydrogen-bond acceptors (Lipinski definition) is 4. The molecule has 5 nitrogen and oxygen atoms in total. The fraction of sp³-hybridized carbons (Fsp3) is 0.333. The van der Waals surface area contributed by atoms with Crippen LogP contribution in [0, 0.1) is 0 Å². The number of carbonyl (C=O) groups is 1. The standard InChI is InChI=1S/C18H21N3O2/c22-18(16-7-4-12-23-16)21-15-8-9-17(20-13-15)19-11-10-14-5-2-1-3-6-14/h4-5,7-9,12-13H,1-3,6,10-11H2,(H,19,20)(H,21,22). The zero-order valence-electron chi connectivity index (χ0n) is 13.0. The Hall–Kier alpha value is -2.56. The summed E-state index contributed by atoms with van der Waals surface area (Å²) < 4.78 is 5.05. The second-order valence-electron chi connectivity index (χ2n) is 5.65. The van der Waals surface area contributed by atoms with Gasteiger partial charge in [-0.05, 0) is 56.4 Å². The summed E-state index contributed by atoms with van der Waals surface area (Å²) in [5, 5.41) is 6.06. The SMILES string of the molecule is O=C(Nc1ccc(NCCC2=CCCCC2)nc1)c1ccco1. The first-order valence-electron chi connectivity index (χ1n) is 8.04. The van der Waals surface area contributed by atoms with Crippen LogP contribution in [0.4, 0.5) is 11.5 Å². The van der Waals surface area contributed by atoms with Gasteiger partial charge in [0, 0.05) is 6.54 Å². The second kappa shape index (κ2) is 7.63. The van der Waals surface area contributed by atoms with E-state index in [2.05, 4.69) is 21.7 Å². The molecule has 0 unspecified atom stereocenters. The molecular weight excluding hydrogens is 290 g/mol. The van der Waals surface area contributed by atoms with E-state index in [1.54, 1.807) is 23.9 Å². The first-order valence-corrected chi connectivity index (χ1v) is 8.04. The van der Waals surface area contributed by atoms with Crippen molar-refractivity contribution in [2.45, 2.75) is 32.1 Å². The molecule has 0 radical (unpaired) electrons. The Bertz CT molecular complexity index is 660. The van der Waals surface area contributed by atoms with Gasteiger partial charge in [0.05, 0.1) is 18.1 Å². The number of aromatic nitrogens is 1. The Kier molecular flexibility index (Phi) is 5.09. The van der Waals surface area contributed by atoms with E-state index in [1.807, 2.05) is 12.1 Å². The van der Waals surface area contributed by atoms with E-state index in [1.165, 1.54) is 31.9 Å². The van der Waals surface area contributed by atoms with Gasteiger partial charge < -0.3 is 15.1 Å². The number of hydrogen-bond donors (Lipinski definition) is 2. The molecule has 1 amide bonds. The molecule has 2 aromatic rings. The van der Waals surface area contributed by atoms with E-state index in [9.17, 15) is 4.79 Å². The van der Waals surface area contributed by atoms with E-state index < -0.39 is 0 Å². The third-order valence-corrected chi connectivity index (χ3v) is 3.90. The van der Waals surface area contributed by atoms with Gasteiger partial charge in [-0.2, -0.15) is 0 Å². The van der Waals surface area contributed by atoms with Crippen LogP contribution in [0.1, 0.15) is 42.7 Å². The molecule has 0 saturated carbocycles. The molecule has 0 bridgehead atoms. The van der Waals surface area contributed by atoms with Crippen molar-refractivity contribution < 1.29 is 9.21 Å². The van der Waals surface area contributed by atoms with Gasteiger partial charge in [-0.1, -0.05) is 11.6 Å². The molecular formula is C18H21N3O2. The topological polar surface area (TPSA) is 67.2 Å². The van der Waals surface area contributed by atoms with Gasteiger partial charge in [-0.15, -0.1) is 0 Å². The van der Waals surface area contributed by atoms with E-state index >= 15 is 0 Å². The number of allylic oxidation sites excluding steroid dienone is 1. The molecule has 1 aliphatic carbocycles. The summed E-state index contributed by atoms with van der Waals surface area (Å²) >= 11 is 0. The molecule has 120 valence electrons. The highest BCUT2D eigenvalue weighted by Gasteiger charge is 2.08. The van der Waals surface area contributed by atoms with Gasteiger partial charge >= 0.3 is 0 Å². The van der Waals surface area contributed by atoms with Crippen LogP contribution >= 0.6 is 0 Å². The van der Waals surface area contributed by atoms with E-state index in [4.69, 9.17) is 4.42 Å². The number of rotatable bonds is 6. The summed E-state index contributed by atoms with van der Waals surface area (Å²) in [6.07, 6.45) is 11.6. The number of anilines is 2. The molecule has 0 aliphatic heterocycles. The van der Waals surface area contributed by atoms with Gasteiger partial charge in [0.15, 0.2) is 5.76 Å². The monoisotopic (exact) mass is 311 g/mol. The maximum Gasteiger partial charge on any atom is 0.291 e. The Labute approximate surface area is 135 Å². The van der Waals surface area contributed by atoms with Crippen molar-refractivity contribution >= 4 is 17.4 Å². The molecule has 23 heavy (non-hydrogen) atoms. The Morgan fingerprint density at radius 2 is 2.22 bits per heavy atom. The normalized spacial score (nSPS) is 14.2. The van der Waals surface area contributed by atoms with E-state index in [0.717, 1.165) is 18.8 Å². The molecule has 0 spiro atoms. The van der Waals surface area contributed by atoms with E-state index in [0.29, 0.717) is 5.69 Å². The maximum atomic E-state index is 11.9. The summed E-state index contributed by atoms with van der Waals surface area (Å²) in [4.78, 5) is 16.2. The third-order valence-electron chi connectivity index (χ3n) is 3.90. The predicted octanol–water partition coefficient (Wildman–Crippen LogP) is 4.23. The highest BCUT2D eigenvalue weighted by atomic mass is 16.3. The van der Waals surface area contributed by atoms with Crippen LogP contribution in [-0.4, -0.2) is 17.4 Å². The fourth-order valence-corrected chi connectivity index (χ4v) is 2.66. The largest absolute Gasteiger partial charge is 0.459 e.